The average molecular weight is 643 g/mol. The number of ether oxygens (including phenoxy) is 7. The van der Waals surface area contributed by atoms with E-state index in [9.17, 15) is 0 Å². The summed E-state index contributed by atoms with van der Waals surface area (Å²) in [6, 6.07) is 0. The van der Waals surface area contributed by atoms with Gasteiger partial charge in [0, 0.05) is 28.4 Å². The van der Waals surface area contributed by atoms with Crippen molar-refractivity contribution in [1.29, 1.82) is 0 Å². The Labute approximate surface area is 279 Å². The fourth-order valence-corrected chi connectivity index (χ4v) is 5.50. The Bertz CT molecular complexity index is 567. The fraction of sp³-hybridized carbons (Fsp3) is 0.895. The highest BCUT2D eigenvalue weighted by Gasteiger charge is 2.10. The lowest BCUT2D eigenvalue weighted by molar-refractivity contribution is -0.167. The van der Waals surface area contributed by atoms with E-state index in [4.69, 9.17) is 33.2 Å². The van der Waals surface area contributed by atoms with Crippen molar-refractivity contribution in [1.82, 2.24) is 0 Å². The van der Waals surface area contributed by atoms with E-state index in [1.54, 1.807) is 28.4 Å². The molecule has 0 aromatic carbocycles. The van der Waals surface area contributed by atoms with Crippen LogP contribution < -0.4 is 0 Å². The average Bonchev–Trinajstić information content (AvgIpc) is 3.05. The molecule has 0 aliphatic rings. The van der Waals surface area contributed by atoms with Crippen LogP contribution >= 0.6 is 0 Å². The Balaban J connectivity index is 3.86. The monoisotopic (exact) mass is 643 g/mol. The van der Waals surface area contributed by atoms with Gasteiger partial charge in [0.25, 0.3) is 0 Å². The second-order valence-corrected chi connectivity index (χ2v) is 12.2. The van der Waals surface area contributed by atoms with Crippen LogP contribution in [0.15, 0.2) is 24.3 Å². The molecule has 0 aromatic rings. The molecule has 0 saturated carbocycles. The highest BCUT2D eigenvalue weighted by atomic mass is 16.7. The standard InChI is InChI=1S/C38H74O7/c1-7-27-35(29-23-19-15-11-9-13-17-21-25-31-37(39-3)40-4)44-33-43-34-45-36(28-8-2)30-24-20-16-12-10-14-18-22-26-32-38(41-5)42-6/h15-16,19-20,35-38H,7-14,17-18,21-34H2,1-6H3/b19-15-,20-16-. The number of unbranched alkanes of at least 4 members (excludes halogenated alkanes) is 10. The van der Waals surface area contributed by atoms with Gasteiger partial charge in [-0.15, -0.1) is 0 Å². The zero-order chi connectivity index (χ0) is 33.1. The third-order valence-electron chi connectivity index (χ3n) is 8.31. The Morgan fingerprint density at radius 1 is 0.400 bits per heavy atom. The number of allylic oxidation sites excluding steroid dienone is 4. The highest BCUT2D eigenvalue weighted by molar-refractivity contribution is 4.83. The summed E-state index contributed by atoms with van der Waals surface area (Å²) in [5.41, 5.74) is 0. The molecule has 0 heterocycles. The zero-order valence-corrected chi connectivity index (χ0v) is 30.4. The van der Waals surface area contributed by atoms with Gasteiger partial charge in [-0.25, -0.2) is 0 Å². The molecule has 0 aromatic heterocycles. The number of methoxy groups -OCH3 is 4. The molecule has 0 fully saturated rings. The quantitative estimate of drug-likeness (QED) is 0.0383. The molecule has 7 nitrogen and oxygen atoms in total. The van der Waals surface area contributed by atoms with Gasteiger partial charge in [0.05, 0.1) is 12.2 Å². The first-order chi connectivity index (χ1) is 22.1. The normalized spacial score (nSPS) is 13.7. The zero-order valence-electron chi connectivity index (χ0n) is 30.4. The molecule has 0 bridgehead atoms. The van der Waals surface area contributed by atoms with Crippen LogP contribution in [0, 0.1) is 0 Å². The van der Waals surface area contributed by atoms with E-state index >= 15 is 0 Å². The summed E-state index contributed by atoms with van der Waals surface area (Å²) in [7, 11) is 6.83. The Morgan fingerprint density at radius 3 is 1.13 bits per heavy atom. The van der Waals surface area contributed by atoms with Crippen molar-refractivity contribution >= 4 is 0 Å². The van der Waals surface area contributed by atoms with Gasteiger partial charge in [-0.3, -0.25) is 0 Å². The lowest BCUT2D eigenvalue weighted by atomic mass is 10.1. The lowest BCUT2D eigenvalue weighted by Crippen LogP contribution is -2.18. The summed E-state index contributed by atoms with van der Waals surface area (Å²) in [5.74, 6) is 0. The van der Waals surface area contributed by atoms with E-state index in [0.717, 1.165) is 64.2 Å². The van der Waals surface area contributed by atoms with Gasteiger partial charge >= 0.3 is 0 Å². The number of rotatable bonds is 36. The van der Waals surface area contributed by atoms with Crippen molar-refractivity contribution in [3.05, 3.63) is 24.3 Å². The molecular formula is C38H74O7. The molecule has 0 amide bonds. The molecule has 0 spiro atoms. The van der Waals surface area contributed by atoms with Crippen LogP contribution in [0.3, 0.4) is 0 Å². The maximum absolute atomic E-state index is 6.05. The van der Waals surface area contributed by atoms with Gasteiger partial charge in [-0.2, -0.15) is 0 Å². The van der Waals surface area contributed by atoms with Gasteiger partial charge in [0.15, 0.2) is 12.6 Å². The predicted molar refractivity (Wildman–Crippen MR) is 187 cm³/mol. The Morgan fingerprint density at radius 2 is 0.756 bits per heavy atom. The van der Waals surface area contributed by atoms with E-state index in [-0.39, 0.29) is 24.8 Å². The van der Waals surface area contributed by atoms with Crippen molar-refractivity contribution in [3.8, 4) is 0 Å². The molecule has 268 valence electrons. The summed E-state index contributed by atoms with van der Waals surface area (Å²) >= 11 is 0. The van der Waals surface area contributed by atoms with Crippen LogP contribution in [0.5, 0.6) is 0 Å². The van der Waals surface area contributed by atoms with E-state index in [1.165, 1.54) is 77.0 Å². The maximum Gasteiger partial charge on any atom is 0.156 e. The predicted octanol–water partition coefficient (Wildman–Crippen LogP) is 10.7. The van der Waals surface area contributed by atoms with Gasteiger partial charge in [0.2, 0.25) is 0 Å². The summed E-state index contributed by atoms with van der Waals surface area (Å²) < 4.78 is 38.8. The molecule has 45 heavy (non-hydrogen) atoms. The van der Waals surface area contributed by atoms with Crippen LogP contribution in [0.25, 0.3) is 0 Å². The molecule has 2 atom stereocenters. The van der Waals surface area contributed by atoms with Gasteiger partial charge in [0.1, 0.15) is 13.6 Å². The van der Waals surface area contributed by atoms with E-state index in [0.29, 0.717) is 13.6 Å². The first kappa shape index (κ1) is 44.2. The molecule has 7 heteroatoms. The molecule has 0 aliphatic heterocycles. The minimum atomic E-state index is -0.0479. The summed E-state index contributed by atoms with van der Waals surface area (Å²) in [4.78, 5) is 0. The fourth-order valence-electron chi connectivity index (χ4n) is 5.50. The summed E-state index contributed by atoms with van der Waals surface area (Å²) in [6.07, 6.45) is 35.1. The molecule has 0 saturated heterocycles. The largest absolute Gasteiger partial charge is 0.356 e. The Hall–Kier alpha value is -0.800. The van der Waals surface area contributed by atoms with E-state index in [2.05, 4.69) is 38.2 Å². The van der Waals surface area contributed by atoms with E-state index in [1.807, 2.05) is 0 Å². The maximum atomic E-state index is 6.05. The van der Waals surface area contributed by atoms with Crippen LogP contribution in [-0.2, 0) is 33.2 Å². The second kappa shape index (κ2) is 36.0. The topological polar surface area (TPSA) is 64.6 Å². The molecule has 0 N–H and O–H groups in total. The van der Waals surface area contributed by atoms with Gasteiger partial charge in [-0.05, 0) is 89.9 Å². The SMILES string of the molecule is CCCC(CC/C=C\CCCCCCCC(OC)OC)OCOCOC(CCC)CC/C=C\CCCCCCCC(OC)OC. The van der Waals surface area contributed by atoms with Crippen molar-refractivity contribution in [2.24, 2.45) is 0 Å². The minimum absolute atomic E-state index is 0.0479. The van der Waals surface area contributed by atoms with Crippen molar-refractivity contribution in [2.75, 3.05) is 42.0 Å². The minimum Gasteiger partial charge on any atom is -0.356 e. The first-order valence-corrected chi connectivity index (χ1v) is 18.4. The van der Waals surface area contributed by atoms with Crippen molar-refractivity contribution in [2.45, 2.75) is 180 Å². The van der Waals surface area contributed by atoms with Crippen LogP contribution in [0.4, 0.5) is 0 Å². The molecule has 0 rings (SSSR count). The lowest BCUT2D eigenvalue weighted by Gasteiger charge is -2.19. The molecule has 0 aliphatic carbocycles. The van der Waals surface area contributed by atoms with Crippen LogP contribution in [0.1, 0.15) is 155 Å². The molecule has 2 unspecified atom stereocenters. The van der Waals surface area contributed by atoms with Gasteiger partial charge < -0.3 is 33.2 Å². The summed E-state index contributed by atoms with van der Waals surface area (Å²) in [6.45, 7) is 5.05. The van der Waals surface area contributed by atoms with Crippen molar-refractivity contribution < 1.29 is 33.2 Å². The smallest absolute Gasteiger partial charge is 0.156 e. The number of hydrogen-bond acceptors (Lipinski definition) is 7. The Kier molecular flexibility index (Phi) is 35.4. The first-order valence-electron chi connectivity index (χ1n) is 18.4. The third-order valence-corrected chi connectivity index (χ3v) is 8.31. The third kappa shape index (κ3) is 30.3. The second-order valence-electron chi connectivity index (χ2n) is 12.2. The van der Waals surface area contributed by atoms with Crippen molar-refractivity contribution in [3.63, 3.8) is 0 Å². The highest BCUT2D eigenvalue weighted by Crippen LogP contribution is 2.15. The van der Waals surface area contributed by atoms with E-state index < -0.39 is 0 Å². The molecular weight excluding hydrogens is 568 g/mol. The summed E-state index contributed by atoms with van der Waals surface area (Å²) in [5, 5.41) is 0. The van der Waals surface area contributed by atoms with Crippen LogP contribution in [-0.4, -0.2) is 66.8 Å². The number of hydrogen-bond donors (Lipinski definition) is 0. The molecule has 0 radical (unpaired) electrons. The van der Waals surface area contributed by atoms with Crippen LogP contribution in [0.2, 0.25) is 0 Å². The van der Waals surface area contributed by atoms with Gasteiger partial charge in [-0.1, -0.05) is 89.5 Å².